The highest BCUT2D eigenvalue weighted by atomic mass is 16.5. The van der Waals surface area contributed by atoms with Gasteiger partial charge in [0.25, 0.3) is 0 Å². The van der Waals surface area contributed by atoms with Crippen LogP contribution in [0.1, 0.15) is 12.0 Å². The first-order chi connectivity index (χ1) is 9.76. The zero-order valence-corrected chi connectivity index (χ0v) is 12.2. The molecule has 1 N–H and O–H groups in total. The minimum absolute atomic E-state index is 0.0381. The summed E-state index contributed by atoms with van der Waals surface area (Å²) in [6.45, 7) is 2.17. The van der Waals surface area contributed by atoms with E-state index < -0.39 is 0 Å². The van der Waals surface area contributed by atoms with Gasteiger partial charge in [-0.25, -0.2) is 0 Å². The van der Waals surface area contributed by atoms with E-state index in [1.165, 1.54) is 0 Å². The van der Waals surface area contributed by atoms with Crippen LogP contribution in [0.4, 0.5) is 0 Å². The molecule has 112 valence electrons. The number of benzene rings is 1. The summed E-state index contributed by atoms with van der Waals surface area (Å²) in [4.78, 5) is 11.6. The van der Waals surface area contributed by atoms with E-state index in [1.54, 1.807) is 14.2 Å². The number of methoxy groups -OCH3 is 2. The first-order valence-corrected chi connectivity index (χ1v) is 6.72. The number of hydrogen-bond acceptors (Lipinski definition) is 4. The summed E-state index contributed by atoms with van der Waals surface area (Å²) in [6, 6.07) is 7.74. The van der Waals surface area contributed by atoms with Crippen molar-refractivity contribution in [3.63, 3.8) is 0 Å². The lowest BCUT2D eigenvalue weighted by molar-refractivity contribution is -0.121. The van der Waals surface area contributed by atoms with Crippen molar-refractivity contribution < 1.29 is 19.0 Å². The fraction of sp³-hybridized carbons (Fsp3) is 0.533. The van der Waals surface area contributed by atoms with Crippen LogP contribution in [0, 0.1) is 0 Å². The lowest BCUT2D eigenvalue weighted by Gasteiger charge is -2.06. The number of aryl methyl sites for hydroxylation is 1. The van der Waals surface area contributed by atoms with E-state index in [-0.39, 0.29) is 5.91 Å². The van der Waals surface area contributed by atoms with Crippen LogP contribution in [0.2, 0.25) is 0 Å². The molecule has 0 unspecified atom stereocenters. The average molecular weight is 281 g/mol. The third-order valence-electron chi connectivity index (χ3n) is 2.80. The number of carbonyl (C=O) groups excluding carboxylic acids is 1. The summed E-state index contributed by atoms with van der Waals surface area (Å²) < 4.78 is 15.2. The molecule has 5 heteroatoms. The fourth-order valence-corrected chi connectivity index (χ4v) is 1.65. The van der Waals surface area contributed by atoms with Crippen LogP contribution >= 0.6 is 0 Å². The molecule has 0 fully saturated rings. The van der Waals surface area contributed by atoms with Crippen LogP contribution in [0.15, 0.2) is 24.3 Å². The molecule has 0 bridgehead atoms. The van der Waals surface area contributed by atoms with Crippen molar-refractivity contribution in [1.82, 2.24) is 5.32 Å². The molecule has 1 aromatic rings. The van der Waals surface area contributed by atoms with E-state index in [0.717, 1.165) is 17.7 Å². The summed E-state index contributed by atoms with van der Waals surface area (Å²) >= 11 is 0. The summed E-state index contributed by atoms with van der Waals surface area (Å²) in [7, 11) is 3.27. The lowest BCUT2D eigenvalue weighted by atomic mass is 10.1. The third kappa shape index (κ3) is 7.11. The zero-order valence-electron chi connectivity index (χ0n) is 12.2. The van der Waals surface area contributed by atoms with Gasteiger partial charge in [-0.1, -0.05) is 12.1 Å². The van der Waals surface area contributed by atoms with Crippen LogP contribution in [-0.4, -0.2) is 46.5 Å². The van der Waals surface area contributed by atoms with E-state index in [2.05, 4.69) is 5.32 Å². The topological polar surface area (TPSA) is 56.8 Å². The molecule has 20 heavy (non-hydrogen) atoms. The number of nitrogens with one attached hydrogen (secondary N) is 1. The Labute approximate surface area is 120 Å². The molecule has 0 radical (unpaired) electrons. The van der Waals surface area contributed by atoms with Gasteiger partial charge in [0.15, 0.2) is 0 Å². The maximum absolute atomic E-state index is 11.6. The van der Waals surface area contributed by atoms with E-state index in [0.29, 0.717) is 32.8 Å². The van der Waals surface area contributed by atoms with Crippen LogP contribution in [0.25, 0.3) is 0 Å². The van der Waals surface area contributed by atoms with Gasteiger partial charge in [0.05, 0.1) is 26.9 Å². The number of ether oxygens (including phenoxy) is 3. The Hall–Kier alpha value is -1.59. The summed E-state index contributed by atoms with van der Waals surface area (Å²) in [5.74, 6) is 0.863. The van der Waals surface area contributed by atoms with E-state index in [1.807, 2.05) is 24.3 Å². The number of rotatable bonds is 10. The first kappa shape index (κ1) is 16.5. The summed E-state index contributed by atoms with van der Waals surface area (Å²) in [5.41, 5.74) is 1.12. The molecule has 0 aliphatic rings. The lowest BCUT2D eigenvalue weighted by Crippen LogP contribution is -2.27. The molecule has 1 rings (SSSR count). The van der Waals surface area contributed by atoms with Crippen LogP contribution in [0.3, 0.4) is 0 Å². The highest BCUT2D eigenvalue weighted by Crippen LogP contribution is 2.12. The Kier molecular flexibility index (Phi) is 8.42. The first-order valence-electron chi connectivity index (χ1n) is 6.72. The van der Waals surface area contributed by atoms with Gasteiger partial charge in [0.1, 0.15) is 5.75 Å². The van der Waals surface area contributed by atoms with Crippen LogP contribution in [0.5, 0.6) is 5.75 Å². The highest BCUT2D eigenvalue weighted by Gasteiger charge is 2.02. The Bertz CT molecular complexity index is 378. The highest BCUT2D eigenvalue weighted by molar-refractivity contribution is 5.76. The van der Waals surface area contributed by atoms with Crippen molar-refractivity contribution >= 4 is 5.91 Å². The predicted molar refractivity (Wildman–Crippen MR) is 77.0 cm³/mol. The monoisotopic (exact) mass is 281 g/mol. The minimum atomic E-state index is 0.0381. The SMILES string of the molecule is COCCOCCNC(=O)CCc1ccc(OC)cc1. The van der Waals surface area contributed by atoms with Gasteiger partial charge >= 0.3 is 0 Å². The quantitative estimate of drug-likeness (QED) is 0.659. The zero-order chi connectivity index (χ0) is 14.6. The van der Waals surface area contributed by atoms with Crippen LogP contribution in [-0.2, 0) is 20.7 Å². The number of carbonyl (C=O) groups is 1. The Morgan fingerprint density at radius 3 is 2.50 bits per heavy atom. The number of amides is 1. The molecule has 0 aliphatic heterocycles. The number of hydrogen-bond donors (Lipinski definition) is 1. The molecular weight excluding hydrogens is 258 g/mol. The largest absolute Gasteiger partial charge is 0.497 e. The molecule has 0 saturated heterocycles. The average Bonchev–Trinajstić information content (AvgIpc) is 2.49. The molecule has 0 saturated carbocycles. The fourth-order valence-electron chi connectivity index (χ4n) is 1.65. The molecule has 0 heterocycles. The smallest absolute Gasteiger partial charge is 0.220 e. The standard InChI is InChI=1S/C15H23NO4/c1-18-11-12-20-10-9-16-15(17)8-5-13-3-6-14(19-2)7-4-13/h3-4,6-7H,5,8-12H2,1-2H3,(H,16,17). The van der Waals surface area contributed by atoms with Crippen molar-refractivity contribution in [3.8, 4) is 5.75 Å². The maximum Gasteiger partial charge on any atom is 0.220 e. The second-order valence-electron chi connectivity index (χ2n) is 4.30. The molecule has 1 amide bonds. The van der Waals surface area contributed by atoms with Crippen molar-refractivity contribution in [2.24, 2.45) is 0 Å². The van der Waals surface area contributed by atoms with Gasteiger partial charge in [-0.2, -0.15) is 0 Å². The van der Waals surface area contributed by atoms with Crippen molar-refractivity contribution in [1.29, 1.82) is 0 Å². The summed E-state index contributed by atoms with van der Waals surface area (Å²) in [5, 5.41) is 2.82. The molecule has 0 aromatic heterocycles. The van der Waals surface area contributed by atoms with Gasteiger partial charge < -0.3 is 19.5 Å². The van der Waals surface area contributed by atoms with E-state index in [4.69, 9.17) is 14.2 Å². The van der Waals surface area contributed by atoms with Crippen molar-refractivity contribution in [2.75, 3.05) is 40.6 Å². The van der Waals surface area contributed by atoms with Gasteiger partial charge in [0, 0.05) is 20.1 Å². The maximum atomic E-state index is 11.6. The van der Waals surface area contributed by atoms with Gasteiger partial charge in [-0.3, -0.25) is 4.79 Å². The Morgan fingerprint density at radius 2 is 1.85 bits per heavy atom. The van der Waals surface area contributed by atoms with E-state index in [9.17, 15) is 4.79 Å². The van der Waals surface area contributed by atoms with Gasteiger partial charge in [-0.05, 0) is 24.1 Å². The molecular formula is C15H23NO4. The van der Waals surface area contributed by atoms with Gasteiger partial charge in [-0.15, -0.1) is 0 Å². The van der Waals surface area contributed by atoms with E-state index >= 15 is 0 Å². The normalized spacial score (nSPS) is 10.3. The molecule has 0 aliphatic carbocycles. The molecule has 5 nitrogen and oxygen atoms in total. The van der Waals surface area contributed by atoms with Crippen molar-refractivity contribution in [3.05, 3.63) is 29.8 Å². The predicted octanol–water partition coefficient (Wildman–Crippen LogP) is 1.41. The second kappa shape index (κ2) is 10.2. The van der Waals surface area contributed by atoms with Crippen molar-refractivity contribution in [2.45, 2.75) is 12.8 Å². The van der Waals surface area contributed by atoms with Gasteiger partial charge in [0.2, 0.25) is 5.91 Å². The third-order valence-corrected chi connectivity index (χ3v) is 2.80. The Morgan fingerprint density at radius 1 is 1.10 bits per heavy atom. The molecule has 0 atom stereocenters. The molecule has 0 spiro atoms. The molecule has 1 aromatic carbocycles. The summed E-state index contributed by atoms with van der Waals surface area (Å²) in [6.07, 6.45) is 1.20. The van der Waals surface area contributed by atoms with Crippen LogP contribution < -0.4 is 10.1 Å². The second-order valence-corrected chi connectivity index (χ2v) is 4.30. The Balaban J connectivity index is 2.10. The minimum Gasteiger partial charge on any atom is -0.497 e.